The van der Waals surface area contributed by atoms with Gasteiger partial charge in [-0.15, -0.1) is 0 Å². The Bertz CT molecular complexity index is 995. The van der Waals surface area contributed by atoms with Gasteiger partial charge >= 0.3 is 5.97 Å². The molecule has 1 unspecified atom stereocenters. The maximum atomic E-state index is 12.1. The number of rotatable bonds is 13. The smallest absolute Gasteiger partial charge is 0.311 e. The number of esters is 1. The van der Waals surface area contributed by atoms with Crippen molar-refractivity contribution < 1.29 is 9.53 Å². The topological polar surface area (TPSA) is 52.1 Å². The van der Waals surface area contributed by atoms with Crippen LogP contribution in [0.3, 0.4) is 0 Å². The maximum absolute atomic E-state index is 12.1. The quantitative estimate of drug-likeness (QED) is 0.148. The van der Waals surface area contributed by atoms with Crippen LogP contribution < -0.4 is 4.74 Å². The number of carbonyl (C=O) groups excluding carboxylic acids is 1. The lowest BCUT2D eigenvalue weighted by Gasteiger charge is -2.08. The first-order chi connectivity index (χ1) is 16.6. The molecular formula is C30H38N2O2. The lowest BCUT2D eigenvalue weighted by molar-refractivity contribution is -0.134. The van der Waals surface area contributed by atoms with Crippen LogP contribution in [0.1, 0.15) is 77.7 Å². The van der Waals surface area contributed by atoms with Crippen molar-refractivity contribution in [1.82, 2.24) is 9.97 Å². The second-order valence-electron chi connectivity index (χ2n) is 9.21. The predicted molar refractivity (Wildman–Crippen MR) is 140 cm³/mol. The lowest BCUT2D eigenvalue weighted by atomic mass is 10.0. The lowest BCUT2D eigenvalue weighted by Crippen LogP contribution is -2.07. The Balaban J connectivity index is 1.51. The zero-order chi connectivity index (χ0) is 24.2. The molecule has 0 fully saturated rings. The molecule has 1 aromatic heterocycles. The third kappa shape index (κ3) is 8.09. The van der Waals surface area contributed by atoms with Crippen molar-refractivity contribution in [3.05, 3.63) is 66.5 Å². The molecule has 0 aliphatic heterocycles. The highest BCUT2D eigenvalue weighted by molar-refractivity contribution is 5.73. The molecule has 2 aromatic carbocycles. The minimum Gasteiger partial charge on any atom is -0.427 e. The van der Waals surface area contributed by atoms with Crippen LogP contribution in [0.25, 0.3) is 22.5 Å². The summed E-state index contributed by atoms with van der Waals surface area (Å²) in [6.45, 7) is 6.69. The van der Waals surface area contributed by atoms with Gasteiger partial charge in [0.1, 0.15) is 5.75 Å². The van der Waals surface area contributed by atoms with Crippen LogP contribution >= 0.6 is 0 Å². The minimum atomic E-state index is -0.166. The van der Waals surface area contributed by atoms with Gasteiger partial charge < -0.3 is 4.74 Å². The molecule has 0 aliphatic rings. The van der Waals surface area contributed by atoms with Crippen molar-refractivity contribution in [3.63, 3.8) is 0 Å². The molecule has 0 spiro atoms. The summed E-state index contributed by atoms with van der Waals surface area (Å²) in [6.07, 6.45) is 13.3. The van der Waals surface area contributed by atoms with Crippen LogP contribution in [0.4, 0.5) is 0 Å². The van der Waals surface area contributed by atoms with Gasteiger partial charge in [0, 0.05) is 29.9 Å². The second-order valence-corrected chi connectivity index (χ2v) is 9.21. The first kappa shape index (κ1) is 25.6. The molecule has 0 saturated heterocycles. The van der Waals surface area contributed by atoms with Crippen molar-refractivity contribution in [2.45, 2.75) is 78.6 Å². The number of ether oxygens (including phenoxy) is 1. The van der Waals surface area contributed by atoms with Crippen molar-refractivity contribution in [3.8, 4) is 28.3 Å². The maximum Gasteiger partial charge on any atom is 0.311 e. The van der Waals surface area contributed by atoms with E-state index < -0.39 is 0 Å². The number of aromatic nitrogens is 2. The molecule has 0 amide bonds. The zero-order valence-electron chi connectivity index (χ0n) is 20.9. The molecule has 0 N–H and O–H groups in total. The van der Waals surface area contributed by atoms with E-state index in [2.05, 4.69) is 55.0 Å². The monoisotopic (exact) mass is 458 g/mol. The highest BCUT2D eigenvalue weighted by atomic mass is 16.5. The number of aryl methyl sites for hydroxylation is 1. The second kappa shape index (κ2) is 13.6. The molecule has 34 heavy (non-hydrogen) atoms. The van der Waals surface area contributed by atoms with Gasteiger partial charge in [-0.25, -0.2) is 9.97 Å². The average molecular weight is 459 g/mol. The number of carbonyl (C=O) groups is 1. The Kier molecular flexibility index (Phi) is 10.3. The van der Waals surface area contributed by atoms with Gasteiger partial charge in [-0.3, -0.25) is 4.79 Å². The van der Waals surface area contributed by atoms with Gasteiger partial charge in [0.05, 0.1) is 0 Å². The van der Waals surface area contributed by atoms with Gasteiger partial charge in [0.25, 0.3) is 0 Å². The normalized spacial score (nSPS) is 11.9. The molecule has 0 bridgehead atoms. The number of hydrogen-bond donors (Lipinski definition) is 0. The number of nitrogens with zero attached hydrogens (tertiary/aromatic N) is 2. The third-order valence-corrected chi connectivity index (χ3v) is 6.38. The fraction of sp³-hybridized carbons (Fsp3) is 0.433. The molecule has 3 aromatic rings. The molecule has 3 rings (SSSR count). The van der Waals surface area contributed by atoms with Crippen LogP contribution in [-0.2, 0) is 11.2 Å². The van der Waals surface area contributed by atoms with Crippen LogP contribution in [0, 0.1) is 5.92 Å². The summed E-state index contributed by atoms with van der Waals surface area (Å²) in [5.41, 5.74) is 4.31. The van der Waals surface area contributed by atoms with Crippen molar-refractivity contribution in [2.24, 2.45) is 5.92 Å². The fourth-order valence-electron chi connectivity index (χ4n) is 3.89. The highest BCUT2D eigenvalue weighted by Crippen LogP contribution is 2.24. The van der Waals surface area contributed by atoms with E-state index in [1.54, 1.807) is 0 Å². The number of benzene rings is 2. The van der Waals surface area contributed by atoms with Crippen molar-refractivity contribution in [1.29, 1.82) is 0 Å². The SMILES string of the molecule is CCCCCc1ccc(-c2ncc(-c3ccc(OC(=O)CCCCC(C)CC)cc3)cn2)cc1. The molecule has 1 heterocycles. The standard InChI is InChI=1S/C30H38N2O2/c1-4-6-7-11-24-13-15-26(16-14-24)30-31-21-27(22-32-30)25-17-19-28(20-18-25)34-29(33)12-9-8-10-23(3)5-2/h13-23H,4-12H2,1-3H3. The van der Waals surface area contributed by atoms with Crippen LogP contribution in [-0.4, -0.2) is 15.9 Å². The summed E-state index contributed by atoms with van der Waals surface area (Å²) < 4.78 is 5.49. The van der Waals surface area contributed by atoms with E-state index in [0.29, 0.717) is 12.2 Å². The molecular weight excluding hydrogens is 420 g/mol. The number of unbranched alkanes of at least 4 members (excludes halogenated alkanes) is 3. The number of hydrogen-bond acceptors (Lipinski definition) is 4. The van der Waals surface area contributed by atoms with E-state index in [4.69, 9.17) is 4.74 Å². The minimum absolute atomic E-state index is 0.166. The Morgan fingerprint density at radius 1 is 0.824 bits per heavy atom. The molecule has 4 heteroatoms. The summed E-state index contributed by atoms with van der Waals surface area (Å²) in [5, 5.41) is 0. The van der Waals surface area contributed by atoms with Crippen LogP contribution in [0.15, 0.2) is 60.9 Å². The van der Waals surface area contributed by atoms with Gasteiger partial charge in [-0.1, -0.05) is 89.3 Å². The Morgan fingerprint density at radius 2 is 1.50 bits per heavy atom. The van der Waals surface area contributed by atoms with Gasteiger partial charge in [-0.05, 0) is 48.4 Å². The molecule has 0 radical (unpaired) electrons. The van der Waals surface area contributed by atoms with E-state index in [-0.39, 0.29) is 5.97 Å². The average Bonchev–Trinajstić information content (AvgIpc) is 2.87. The van der Waals surface area contributed by atoms with E-state index >= 15 is 0 Å². The summed E-state index contributed by atoms with van der Waals surface area (Å²) >= 11 is 0. The fourth-order valence-corrected chi connectivity index (χ4v) is 3.89. The third-order valence-electron chi connectivity index (χ3n) is 6.38. The Hall–Kier alpha value is -3.01. The summed E-state index contributed by atoms with van der Waals surface area (Å²) in [7, 11) is 0. The van der Waals surface area contributed by atoms with E-state index in [1.165, 1.54) is 37.7 Å². The van der Waals surface area contributed by atoms with E-state index in [1.807, 2.05) is 36.7 Å². The van der Waals surface area contributed by atoms with Gasteiger partial charge in [0.15, 0.2) is 5.82 Å². The summed E-state index contributed by atoms with van der Waals surface area (Å²) in [5.74, 6) is 1.86. The molecule has 180 valence electrons. The first-order valence-electron chi connectivity index (χ1n) is 12.8. The van der Waals surface area contributed by atoms with Crippen molar-refractivity contribution >= 4 is 5.97 Å². The Labute approximate surface area is 204 Å². The largest absolute Gasteiger partial charge is 0.427 e. The summed E-state index contributed by atoms with van der Waals surface area (Å²) in [4.78, 5) is 21.2. The Morgan fingerprint density at radius 3 is 2.15 bits per heavy atom. The highest BCUT2D eigenvalue weighted by Gasteiger charge is 2.08. The zero-order valence-corrected chi connectivity index (χ0v) is 20.9. The van der Waals surface area contributed by atoms with Crippen LogP contribution in [0.2, 0.25) is 0 Å². The van der Waals surface area contributed by atoms with E-state index in [9.17, 15) is 4.79 Å². The van der Waals surface area contributed by atoms with Gasteiger partial charge in [-0.2, -0.15) is 0 Å². The molecule has 0 aliphatic carbocycles. The summed E-state index contributed by atoms with van der Waals surface area (Å²) in [6, 6.07) is 16.1. The van der Waals surface area contributed by atoms with E-state index in [0.717, 1.165) is 47.7 Å². The molecule has 4 nitrogen and oxygen atoms in total. The molecule has 1 atom stereocenters. The predicted octanol–water partition coefficient (Wildman–Crippen LogP) is 8.06. The van der Waals surface area contributed by atoms with Gasteiger partial charge in [0.2, 0.25) is 0 Å². The van der Waals surface area contributed by atoms with Crippen molar-refractivity contribution in [2.75, 3.05) is 0 Å². The van der Waals surface area contributed by atoms with Crippen LogP contribution in [0.5, 0.6) is 5.75 Å². The molecule has 0 saturated carbocycles. The first-order valence-corrected chi connectivity index (χ1v) is 12.8.